The van der Waals surface area contributed by atoms with Gasteiger partial charge in [0.1, 0.15) is 0 Å². The molecule has 4 heteroatoms. The molecule has 1 unspecified atom stereocenters. The number of hydrogen-bond acceptors (Lipinski definition) is 3. The summed E-state index contributed by atoms with van der Waals surface area (Å²) in [6.45, 7) is 0. The van der Waals surface area contributed by atoms with E-state index in [-0.39, 0.29) is 6.04 Å². The highest BCUT2D eigenvalue weighted by Gasteiger charge is 2.26. The molecule has 0 heterocycles. The van der Waals surface area contributed by atoms with E-state index in [1.807, 2.05) is 36.4 Å². The van der Waals surface area contributed by atoms with E-state index in [4.69, 9.17) is 5.26 Å². The van der Waals surface area contributed by atoms with Crippen LogP contribution in [0.5, 0.6) is 0 Å². The summed E-state index contributed by atoms with van der Waals surface area (Å²) < 4.78 is 0. The number of nitriles is 1. The minimum atomic E-state index is -1.26. The van der Waals surface area contributed by atoms with E-state index >= 15 is 0 Å². The molecule has 1 aliphatic carbocycles. The molecule has 1 aromatic carbocycles. The molecule has 1 saturated carbocycles. The fourth-order valence-electron chi connectivity index (χ4n) is 2.62. The van der Waals surface area contributed by atoms with E-state index in [0.717, 1.165) is 31.2 Å². The van der Waals surface area contributed by atoms with Crippen molar-refractivity contribution in [2.45, 2.75) is 38.1 Å². The van der Waals surface area contributed by atoms with Gasteiger partial charge >= 0.3 is 0 Å². The van der Waals surface area contributed by atoms with Crippen molar-refractivity contribution in [3.63, 3.8) is 0 Å². The van der Waals surface area contributed by atoms with Crippen molar-refractivity contribution >= 4 is 17.8 Å². The van der Waals surface area contributed by atoms with Crippen molar-refractivity contribution in [2.75, 3.05) is 0 Å². The summed E-state index contributed by atoms with van der Waals surface area (Å²) in [5, 5.41) is 12.0. The summed E-state index contributed by atoms with van der Waals surface area (Å²) >= 11 is 0. The van der Waals surface area contributed by atoms with Crippen LogP contribution in [-0.4, -0.2) is 17.7 Å². The number of rotatable bonds is 5. The SMILES string of the molecule is N#CC(C(=O)/C=C/c1ccccc1)C(=O)NC1CCCCC1. The summed E-state index contributed by atoms with van der Waals surface area (Å²) in [7, 11) is 0. The zero-order valence-electron chi connectivity index (χ0n) is 12.5. The van der Waals surface area contributed by atoms with Gasteiger partial charge in [-0.2, -0.15) is 5.26 Å². The van der Waals surface area contributed by atoms with E-state index in [1.54, 1.807) is 6.08 Å². The lowest BCUT2D eigenvalue weighted by molar-refractivity contribution is -0.130. The van der Waals surface area contributed by atoms with Gasteiger partial charge < -0.3 is 5.32 Å². The van der Waals surface area contributed by atoms with Gasteiger partial charge in [-0.1, -0.05) is 55.7 Å². The van der Waals surface area contributed by atoms with E-state index in [2.05, 4.69) is 5.32 Å². The Bertz CT molecular complexity index is 581. The molecule has 0 saturated heterocycles. The van der Waals surface area contributed by atoms with Crippen LogP contribution in [0.1, 0.15) is 37.7 Å². The Labute approximate surface area is 130 Å². The summed E-state index contributed by atoms with van der Waals surface area (Å²) in [6.07, 6.45) is 8.15. The standard InChI is InChI=1S/C18H20N2O2/c19-13-16(18(22)20-15-9-5-2-6-10-15)17(21)12-11-14-7-3-1-4-8-14/h1,3-4,7-8,11-12,15-16H,2,5-6,9-10H2,(H,20,22)/b12-11+. The van der Waals surface area contributed by atoms with Crippen LogP contribution in [0.4, 0.5) is 0 Å². The molecule has 0 spiro atoms. The number of nitrogens with zero attached hydrogens (tertiary/aromatic N) is 1. The van der Waals surface area contributed by atoms with Gasteiger partial charge in [-0.15, -0.1) is 0 Å². The molecule has 0 bridgehead atoms. The van der Waals surface area contributed by atoms with Gasteiger partial charge in [-0.05, 0) is 24.5 Å². The van der Waals surface area contributed by atoms with Gasteiger partial charge in [0.2, 0.25) is 5.91 Å². The molecule has 2 rings (SSSR count). The first-order chi connectivity index (χ1) is 10.7. The lowest BCUT2D eigenvalue weighted by Crippen LogP contribution is -2.41. The molecule has 1 N–H and O–H groups in total. The lowest BCUT2D eigenvalue weighted by atomic mass is 9.94. The average molecular weight is 296 g/mol. The van der Waals surface area contributed by atoms with Crippen molar-refractivity contribution in [2.24, 2.45) is 5.92 Å². The monoisotopic (exact) mass is 296 g/mol. The Hall–Kier alpha value is -2.41. The molecule has 0 aromatic heterocycles. The minimum absolute atomic E-state index is 0.100. The topological polar surface area (TPSA) is 70.0 Å². The first kappa shape index (κ1) is 16.0. The first-order valence-electron chi connectivity index (χ1n) is 7.67. The molecule has 22 heavy (non-hydrogen) atoms. The highest BCUT2D eigenvalue weighted by atomic mass is 16.2. The third-order valence-electron chi connectivity index (χ3n) is 3.87. The summed E-state index contributed by atoms with van der Waals surface area (Å²) in [6, 6.07) is 11.2. The second-order valence-electron chi connectivity index (χ2n) is 5.55. The molecular weight excluding hydrogens is 276 g/mol. The normalized spacial score (nSPS) is 16.9. The summed E-state index contributed by atoms with van der Waals surface area (Å²) in [5.41, 5.74) is 0.861. The first-order valence-corrected chi connectivity index (χ1v) is 7.67. The van der Waals surface area contributed by atoms with Crippen LogP contribution < -0.4 is 5.32 Å². The Balaban J connectivity index is 1.95. The van der Waals surface area contributed by atoms with Crippen LogP contribution in [0, 0.1) is 17.2 Å². The van der Waals surface area contributed by atoms with E-state index < -0.39 is 17.6 Å². The number of nitrogens with one attached hydrogen (secondary N) is 1. The number of amides is 1. The Kier molecular flexibility index (Phi) is 5.91. The molecular formula is C18H20N2O2. The second kappa shape index (κ2) is 8.14. The van der Waals surface area contributed by atoms with Gasteiger partial charge in [0.25, 0.3) is 0 Å². The van der Waals surface area contributed by atoms with Crippen LogP contribution in [0.2, 0.25) is 0 Å². The van der Waals surface area contributed by atoms with Gasteiger partial charge in [0.15, 0.2) is 11.7 Å². The smallest absolute Gasteiger partial charge is 0.245 e. The van der Waals surface area contributed by atoms with Crippen LogP contribution in [0.25, 0.3) is 6.08 Å². The van der Waals surface area contributed by atoms with Crippen LogP contribution >= 0.6 is 0 Å². The fourth-order valence-corrected chi connectivity index (χ4v) is 2.62. The Morgan fingerprint density at radius 3 is 2.50 bits per heavy atom. The van der Waals surface area contributed by atoms with Gasteiger partial charge in [0, 0.05) is 6.04 Å². The van der Waals surface area contributed by atoms with Gasteiger partial charge in [-0.3, -0.25) is 9.59 Å². The third kappa shape index (κ3) is 4.56. The molecule has 114 valence electrons. The predicted molar refractivity (Wildman–Crippen MR) is 84.6 cm³/mol. The number of carbonyl (C=O) groups excluding carboxylic acids is 2. The van der Waals surface area contributed by atoms with Crippen LogP contribution in [0.3, 0.4) is 0 Å². The Morgan fingerprint density at radius 2 is 1.86 bits per heavy atom. The fraction of sp³-hybridized carbons (Fsp3) is 0.389. The predicted octanol–water partition coefficient (Wildman–Crippen LogP) is 2.86. The van der Waals surface area contributed by atoms with Crippen LogP contribution in [0.15, 0.2) is 36.4 Å². The zero-order chi connectivity index (χ0) is 15.8. The van der Waals surface area contributed by atoms with Crippen molar-refractivity contribution in [1.82, 2.24) is 5.32 Å². The number of hydrogen-bond donors (Lipinski definition) is 1. The number of benzene rings is 1. The van der Waals surface area contributed by atoms with E-state index in [9.17, 15) is 9.59 Å². The van der Waals surface area contributed by atoms with E-state index in [0.29, 0.717) is 0 Å². The molecule has 1 amide bonds. The van der Waals surface area contributed by atoms with Crippen molar-refractivity contribution in [3.8, 4) is 6.07 Å². The summed E-state index contributed by atoms with van der Waals surface area (Å²) in [5.74, 6) is -2.21. The highest BCUT2D eigenvalue weighted by Crippen LogP contribution is 2.18. The Morgan fingerprint density at radius 1 is 1.18 bits per heavy atom. The molecule has 1 aliphatic rings. The van der Waals surface area contributed by atoms with E-state index in [1.165, 1.54) is 12.5 Å². The molecule has 1 atom stereocenters. The third-order valence-corrected chi connectivity index (χ3v) is 3.87. The number of ketones is 1. The van der Waals surface area contributed by atoms with Gasteiger partial charge in [-0.25, -0.2) is 0 Å². The van der Waals surface area contributed by atoms with Crippen molar-refractivity contribution < 1.29 is 9.59 Å². The van der Waals surface area contributed by atoms with Crippen molar-refractivity contribution in [3.05, 3.63) is 42.0 Å². The minimum Gasteiger partial charge on any atom is -0.352 e. The van der Waals surface area contributed by atoms with Crippen LogP contribution in [-0.2, 0) is 9.59 Å². The molecule has 1 fully saturated rings. The van der Waals surface area contributed by atoms with Crippen molar-refractivity contribution in [1.29, 1.82) is 5.26 Å². The second-order valence-corrected chi connectivity index (χ2v) is 5.55. The molecule has 0 aliphatic heterocycles. The largest absolute Gasteiger partial charge is 0.352 e. The maximum absolute atomic E-state index is 12.1. The number of allylic oxidation sites excluding steroid dienone is 1. The highest BCUT2D eigenvalue weighted by molar-refractivity contribution is 6.10. The van der Waals surface area contributed by atoms with Gasteiger partial charge in [0.05, 0.1) is 6.07 Å². The maximum atomic E-state index is 12.1. The zero-order valence-corrected chi connectivity index (χ0v) is 12.5. The lowest BCUT2D eigenvalue weighted by Gasteiger charge is -2.23. The quantitative estimate of drug-likeness (QED) is 0.671. The molecule has 1 aromatic rings. The summed E-state index contributed by atoms with van der Waals surface area (Å²) in [4.78, 5) is 24.2. The molecule has 0 radical (unpaired) electrons. The maximum Gasteiger partial charge on any atom is 0.245 e. The number of carbonyl (C=O) groups is 2. The molecule has 4 nitrogen and oxygen atoms in total. The average Bonchev–Trinajstić information content (AvgIpc) is 2.55.